The Labute approximate surface area is 115 Å². The van der Waals surface area contributed by atoms with E-state index in [2.05, 4.69) is 12.2 Å². The molecule has 0 saturated carbocycles. The SMILES string of the molecule is CCCC1(C(=O)N(C)Cc2ccco2)CCCNC1. The summed E-state index contributed by atoms with van der Waals surface area (Å²) in [4.78, 5) is 14.6. The van der Waals surface area contributed by atoms with Crippen LogP contribution in [-0.2, 0) is 11.3 Å². The largest absolute Gasteiger partial charge is 0.467 e. The van der Waals surface area contributed by atoms with Gasteiger partial charge in [-0.15, -0.1) is 0 Å². The van der Waals surface area contributed by atoms with Gasteiger partial charge in [-0.3, -0.25) is 4.79 Å². The van der Waals surface area contributed by atoms with E-state index in [0.29, 0.717) is 6.54 Å². The number of hydrogen-bond acceptors (Lipinski definition) is 3. The molecule has 1 aliphatic heterocycles. The molecule has 0 aromatic carbocycles. The zero-order chi connectivity index (χ0) is 13.7. The van der Waals surface area contributed by atoms with Crippen LogP contribution in [-0.4, -0.2) is 30.9 Å². The van der Waals surface area contributed by atoms with Crippen LogP contribution in [0.5, 0.6) is 0 Å². The Balaban J connectivity index is 2.05. The highest BCUT2D eigenvalue weighted by Crippen LogP contribution is 2.33. The number of rotatable bonds is 5. The summed E-state index contributed by atoms with van der Waals surface area (Å²) in [6.45, 7) is 4.54. The molecule has 19 heavy (non-hydrogen) atoms. The van der Waals surface area contributed by atoms with Crippen LogP contribution in [0.3, 0.4) is 0 Å². The van der Waals surface area contributed by atoms with E-state index >= 15 is 0 Å². The van der Waals surface area contributed by atoms with Crippen molar-refractivity contribution in [2.45, 2.75) is 39.2 Å². The molecule has 1 fully saturated rings. The summed E-state index contributed by atoms with van der Waals surface area (Å²) in [5, 5.41) is 3.38. The van der Waals surface area contributed by atoms with Gasteiger partial charge in [-0.2, -0.15) is 0 Å². The summed E-state index contributed by atoms with van der Waals surface area (Å²) in [6, 6.07) is 3.77. The third kappa shape index (κ3) is 3.18. The van der Waals surface area contributed by atoms with Gasteiger partial charge < -0.3 is 14.6 Å². The van der Waals surface area contributed by atoms with Crippen molar-refractivity contribution < 1.29 is 9.21 Å². The maximum atomic E-state index is 12.8. The lowest BCUT2D eigenvalue weighted by atomic mass is 9.76. The molecular weight excluding hydrogens is 240 g/mol. The smallest absolute Gasteiger partial charge is 0.230 e. The molecule has 1 saturated heterocycles. The first kappa shape index (κ1) is 14.1. The van der Waals surface area contributed by atoms with Crippen molar-refractivity contribution in [3.8, 4) is 0 Å². The number of nitrogens with one attached hydrogen (secondary N) is 1. The Morgan fingerprint density at radius 1 is 1.58 bits per heavy atom. The van der Waals surface area contributed by atoms with Gasteiger partial charge in [0.15, 0.2) is 0 Å². The highest BCUT2D eigenvalue weighted by Gasteiger charge is 2.40. The van der Waals surface area contributed by atoms with Crippen LogP contribution in [0.15, 0.2) is 22.8 Å². The van der Waals surface area contributed by atoms with E-state index in [1.165, 1.54) is 0 Å². The average Bonchev–Trinajstić information content (AvgIpc) is 2.92. The van der Waals surface area contributed by atoms with E-state index in [-0.39, 0.29) is 11.3 Å². The van der Waals surface area contributed by atoms with Crippen LogP contribution >= 0.6 is 0 Å². The Kier molecular flexibility index (Phi) is 4.64. The van der Waals surface area contributed by atoms with Crippen molar-refractivity contribution in [2.24, 2.45) is 5.41 Å². The lowest BCUT2D eigenvalue weighted by molar-refractivity contribution is -0.143. The molecule has 0 aliphatic carbocycles. The van der Waals surface area contributed by atoms with Gasteiger partial charge in [0.25, 0.3) is 0 Å². The molecular formula is C15H24N2O2. The zero-order valence-electron chi connectivity index (χ0n) is 11.9. The van der Waals surface area contributed by atoms with Crippen molar-refractivity contribution in [3.05, 3.63) is 24.2 Å². The van der Waals surface area contributed by atoms with E-state index in [0.717, 1.165) is 44.5 Å². The molecule has 4 heteroatoms. The number of carbonyl (C=O) groups is 1. The van der Waals surface area contributed by atoms with Gasteiger partial charge in [-0.1, -0.05) is 13.3 Å². The first-order valence-electron chi connectivity index (χ1n) is 7.16. The zero-order valence-corrected chi connectivity index (χ0v) is 11.9. The van der Waals surface area contributed by atoms with Crippen LogP contribution < -0.4 is 5.32 Å². The molecule has 1 N–H and O–H groups in total. The summed E-state index contributed by atoms with van der Waals surface area (Å²) in [5.74, 6) is 1.09. The van der Waals surface area contributed by atoms with Crippen molar-refractivity contribution in [2.75, 3.05) is 20.1 Å². The third-order valence-electron chi connectivity index (χ3n) is 3.97. The molecule has 1 atom stereocenters. The van der Waals surface area contributed by atoms with Crippen LogP contribution in [0.4, 0.5) is 0 Å². The first-order valence-corrected chi connectivity index (χ1v) is 7.16. The lowest BCUT2D eigenvalue weighted by Crippen LogP contribution is -2.50. The van der Waals surface area contributed by atoms with Gasteiger partial charge in [0.2, 0.25) is 5.91 Å². The molecule has 1 aliphatic rings. The highest BCUT2D eigenvalue weighted by atomic mass is 16.3. The highest BCUT2D eigenvalue weighted by molar-refractivity contribution is 5.82. The maximum absolute atomic E-state index is 12.8. The molecule has 1 amide bonds. The minimum atomic E-state index is -0.214. The molecule has 0 bridgehead atoms. The number of nitrogens with zero attached hydrogens (tertiary/aromatic N) is 1. The standard InChI is InChI=1S/C15H24N2O2/c1-3-7-15(8-5-9-16-12-15)14(18)17(2)11-13-6-4-10-19-13/h4,6,10,16H,3,5,7-9,11-12H2,1-2H3. The fraction of sp³-hybridized carbons (Fsp3) is 0.667. The van der Waals surface area contributed by atoms with Crippen LogP contribution in [0.2, 0.25) is 0 Å². The Morgan fingerprint density at radius 3 is 3.00 bits per heavy atom. The number of hydrogen-bond donors (Lipinski definition) is 1. The lowest BCUT2D eigenvalue weighted by Gasteiger charge is -2.38. The van der Waals surface area contributed by atoms with Gasteiger partial charge in [-0.05, 0) is 37.9 Å². The molecule has 2 heterocycles. The van der Waals surface area contributed by atoms with Crippen LogP contribution in [0, 0.1) is 5.41 Å². The second kappa shape index (κ2) is 6.24. The summed E-state index contributed by atoms with van der Waals surface area (Å²) in [7, 11) is 1.87. The molecule has 0 spiro atoms. The molecule has 0 radical (unpaired) electrons. The van der Waals surface area contributed by atoms with Gasteiger partial charge in [-0.25, -0.2) is 0 Å². The summed E-state index contributed by atoms with van der Waals surface area (Å²) < 4.78 is 5.33. The van der Waals surface area contributed by atoms with Crippen molar-refractivity contribution >= 4 is 5.91 Å². The normalized spacial score (nSPS) is 23.3. The van der Waals surface area contributed by atoms with Crippen molar-refractivity contribution in [1.82, 2.24) is 10.2 Å². The molecule has 1 aromatic heterocycles. The summed E-state index contributed by atoms with van der Waals surface area (Å²) >= 11 is 0. The Hall–Kier alpha value is -1.29. The average molecular weight is 264 g/mol. The molecule has 106 valence electrons. The Morgan fingerprint density at radius 2 is 2.42 bits per heavy atom. The minimum Gasteiger partial charge on any atom is -0.467 e. The molecule has 1 aromatic rings. The van der Waals surface area contributed by atoms with Crippen molar-refractivity contribution in [1.29, 1.82) is 0 Å². The van der Waals surface area contributed by atoms with E-state index in [4.69, 9.17) is 4.42 Å². The second-order valence-corrected chi connectivity index (χ2v) is 5.55. The quantitative estimate of drug-likeness (QED) is 0.888. The molecule has 2 rings (SSSR count). The van der Waals surface area contributed by atoms with Gasteiger partial charge >= 0.3 is 0 Å². The third-order valence-corrected chi connectivity index (χ3v) is 3.97. The van der Waals surface area contributed by atoms with E-state index < -0.39 is 0 Å². The molecule has 1 unspecified atom stereocenters. The number of carbonyl (C=O) groups excluding carboxylic acids is 1. The monoisotopic (exact) mass is 264 g/mol. The Bertz CT molecular complexity index is 389. The number of piperidine rings is 1. The topological polar surface area (TPSA) is 45.5 Å². The van der Waals surface area contributed by atoms with Gasteiger partial charge in [0.05, 0.1) is 18.2 Å². The minimum absolute atomic E-state index is 0.214. The predicted molar refractivity (Wildman–Crippen MR) is 74.6 cm³/mol. The predicted octanol–water partition coefficient (Wildman–Crippen LogP) is 2.41. The van der Waals surface area contributed by atoms with Crippen molar-refractivity contribution in [3.63, 3.8) is 0 Å². The van der Waals surface area contributed by atoms with Gasteiger partial charge in [0, 0.05) is 13.6 Å². The van der Waals surface area contributed by atoms with Crippen LogP contribution in [0.1, 0.15) is 38.4 Å². The van der Waals surface area contributed by atoms with E-state index in [1.807, 2.05) is 24.1 Å². The summed E-state index contributed by atoms with van der Waals surface area (Å²) in [6.07, 6.45) is 5.73. The maximum Gasteiger partial charge on any atom is 0.230 e. The fourth-order valence-corrected chi connectivity index (χ4v) is 3.06. The first-order chi connectivity index (χ1) is 9.18. The van der Waals surface area contributed by atoms with Crippen LogP contribution in [0.25, 0.3) is 0 Å². The second-order valence-electron chi connectivity index (χ2n) is 5.55. The van der Waals surface area contributed by atoms with E-state index in [9.17, 15) is 4.79 Å². The number of amides is 1. The van der Waals surface area contributed by atoms with E-state index in [1.54, 1.807) is 6.26 Å². The van der Waals surface area contributed by atoms with Gasteiger partial charge in [0.1, 0.15) is 5.76 Å². The molecule has 4 nitrogen and oxygen atoms in total. The summed E-state index contributed by atoms with van der Waals surface area (Å²) in [5.41, 5.74) is -0.214. The number of furan rings is 1. The fourth-order valence-electron chi connectivity index (χ4n) is 3.06.